The smallest absolute Gasteiger partial charge is 0.337 e. The van der Waals surface area contributed by atoms with Crippen LogP contribution in [-0.2, 0) is 24.2 Å². The van der Waals surface area contributed by atoms with Gasteiger partial charge >= 0.3 is 5.97 Å². The number of fused-ring (bicyclic) bond motifs is 1. The average molecular weight is 270 g/mol. The summed E-state index contributed by atoms with van der Waals surface area (Å²) in [5.74, 6) is -1.57. The van der Waals surface area contributed by atoms with Crippen LogP contribution in [0.2, 0.25) is 0 Å². The lowest BCUT2D eigenvalue weighted by Gasteiger charge is -2.28. The minimum atomic E-state index is -3.56. The van der Waals surface area contributed by atoms with Crippen LogP contribution in [0.5, 0.6) is 0 Å². The van der Waals surface area contributed by atoms with Crippen LogP contribution in [0.4, 0.5) is 0 Å². The Labute approximate surface area is 105 Å². The van der Waals surface area contributed by atoms with Crippen molar-refractivity contribution in [1.29, 1.82) is 0 Å². The molecule has 0 N–H and O–H groups in total. The van der Waals surface area contributed by atoms with E-state index in [4.69, 9.17) is 0 Å². The molecule has 98 valence electrons. The Morgan fingerprint density at radius 2 is 2.06 bits per heavy atom. The molecule has 0 saturated carbocycles. The SMILES string of the molecule is COC(=O)C1=C(C)CC2CC(=O)CS(=O)(=O)C2=C1. The predicted molar refractivity (Wildman–Crippen MR) is 64.3 cm³/mol. The minimum absolute atomic E-state index is 0.202. The lowest BCUT2D eigenvalue weighted by atomic mass is 9.87. The van der Waals surface area contributed by atoms with Crippen molar-refractivity contribution in [2.24, 2.45) is 5.92 Å². The Kier molecular flexibility index (Phi) is 3.14. The molecule has 0 amide bonds. The molecule has 1 fully saturated rings. The highest BCUT2D eigenvalue weighted by Crippen LogP contribution is 2.38. The number of hydrogen-bond donors (Lipinski definition) is 0. The quantitative estimate of drug-likeness (QED) is 0.658. The molecule has 0 bridgehead atoms. The van der Waals surface area contributed by atoms with Crippen LogP contribution < -0.4 is 0 Å². The lowest BCUT2D eigenvalue weighted by Crippen LogP contribution is -2.32. The second-order valence-electron chi connectivity index (χ2n) is 4.64. The van der Waals surface area contributed by atoms with Crippen LogP contribution in [0, 0.1) is 5.92 Å². The topological polar surface area (TPSA) is 77.5 Å². The van der Waals surface area contributed by atoms with Gasteiger partial charge in [0, 0.05) is 17.2 Å². The summed E-state index contributed by atoms with van der Waals surface area (Å²) >= 11 is 0. The van der Waals surface area contributed by atoms with E-state index < -0.39 is 21.6 Å². The average Bonchev–Trinajstić information content (AvgIpc) is 2.25. The standard InChI is InChI=1S/C12H14O5S/c1-7-3-8-4-9(13)6-18(15,16)11(8)5-10(7)12(14)17-2/h5,8H,3-4,6H2,1-2H3. The molecule has 0 radical (unpaired) electrons. The second-order valence-corrected chi connectivity index (χ2v) is 6.62. The van der Waals surface area contributed by atoms with Gasteiger partial charge in [-0.2, -0.15) is 0 Å². The first-order valence-electron chi connectivity index (χ1n) is 5.59. The highest BCUT2D eigenvalue weighted by Gasteiger charge is 2.38. The monoisotopic (exact) mass is 270 g/mol. The third-order valence-corrected chi connectivity index (χ3v) is 5.16. The molecule has 0 aromatic heterocycles. The normalized spacial score (nSPS) is 26.4. The second kappa shape index (κ2) is 4.35. The van der Waals surface area contributed by atoms with Crippen LogP contribution in [0.25, 0.3) is 0 Å². The van der Waals surface area contributed by atoms with E-state index in [1.54, 1.807) is 6.92 Å². The maximum atomic E-state index is 11.9. The number of hydrogen-bond acceptors (Lipinski definition) is 5. The number of ketones is 1. The van der Waals surface area contributed by atoms with Crippen molar-refractivity contribution < 1.29 is 22.7 Å². The molecule has 2 aliphatic rings. The Balaban J connectivity index is 2.49. The number of sulfone groups is 1. The maximum Gasteiger partial charge on any atom is 0.337 e. The number of rotatable bonds is 1. The molecular formula is C12H14O5S. The van der Waals surface area contributed by atoms with Gasteiger partial charge in [-0.15, -0.1) is 0 Å². The first-order chi connectivity index (χ1) is 8.35. The zero-order valence-corrected chi connectivity index (χ0v) is 11.0. The van der Waals surface area contributed by atoms with Gasteiger partial charge in [0.2, 0.25) is 0 Å². The third kappa shape index (κ3) is 2.12. The van der Waals surface area contributed by atoms with E-state index in [1.165, 1.54) is 13.2 Å². The van der Waals surface area contributed by atoms with Gasteiger partial charge in [0.15, 0.2) is 9.84 Å². The summed E-state index contributed by atoms with van der Waals surface area (Å²) < 4.78 is 28.5. The zero-order valence-electron chi connectivity index (χ0n) is 10.2. The molecule has 1 aliphatic heterocycles. The Morgan fingerprint density at radius 3 is 2.67 bits per heavy atom. The summed E-state index contributed by atoms with van der Waals surface area (Å²) in [6.07, 6.45) is 2.02. The van der Waals surface area contributed by atoms with E-state index in [1.807, 2.05) is 0 Å². The molecule has 0 aromatic rings. The fourth-order valence-electron chi connectivity index (χ4n) is 2.45. The van der Waals surface area contributed by atoms with Crippen LogP contribution in [0.3, 0.4) is 0 Å². The van der Waals surface area contributed by atoms with Gasteiger partial charge in [0.25, 0.3) is 0 Å². The van der Waals surface area contributed by atoms with Gasteiger partial charge in [-0.05, 0) is 19.4 Å². The van der Waals surface area contributed by atoms with Crippen molar-refractivity contribution in [2.45, 2.75) is 19.8 Å². The number of methoxy groups -OCH3 is 1. The number of allylic oxidation sites excluding steroid dienone is 2. The number of esters is 1. The number of carbonyl (C=O) groups excluding carboxylic acids is 2. The van der Waals surface area contributed by atoms with Crippen LogP contribution in [0.1, 0.15) is 19.8 Å². The van der Waals surface area contributed by atoms with E-state index in [9.17, 15) is 18.0 Å². The molecule has 2 rings (SSSR count). The fraction of sp³-hybridized carbons (Fsp3) is 0.500. The molecule has 1 unspecified atom stereocenters. The fourth-order valence-corrected chi connectivity index (χ4v) is 4.13. The zero-order chi connectivity index (χ0) is 13.5. The maximum absolute atomic E-state index is 11.9. The van der Waals surface area contributed by atoms with Gasteiger partial charge in [0.1, 0.15) is 11.5 Å². The van der Waals surface area contributed by atoms with Gasteiger partial charge < -0.3 is 4.74 Å². The van der Waals surface area contributed by atoms with Crippen molar-refractivity contribution in [3.8, 4) is 0 Å². The van der Waals surface area contributed by atoms with E-state index in [0.717, 1.165) is 5.57 Å². The van der Waals surface area contributed by atoms with Crippen molar-refractivity contribution in [1.82, 2.24) is 0 Å². The molecule has 5 nitrogen and oxygen atoms in total. The van der Waals surface area contributed by atoms with Crippen LogP contribution >= 0.6 is 0 Å². The summed E-state index contributed by atoms with van der Waals surface area (Å²) in [7, 11) is -2.31. The summed E-state index contributed by atoms with van der Waals surface area (Å²) in [5.41, 5.74) is 1.06. The largest absolute Gasteiger partial charge is 0.465 e. The highest BCUT2D eigenvalue weighted by molar-refractivity contribution is 7.96. The minimum Gasteiger partial charge on any atom is -0.465 e. The van der Waals surface area contributed by atoms with Crippen molar-refractivity contribution >= 4 is 21.6 Å². The van der Waals surface area contributed by atoms with E-state index in [2.05, 4.69) is 4.74 Å². The molecule has 6 heteroatoms. The molecule has 18 heavy (non-hydrogen) atoms. The van der Waals surface area contributed by atoms with Gasteiger partial charge in [-0.1, -0.05) is 5.57 Å². The Morgan fingerprint density at radius 1 is 1.39 bits per heavy atom. The summed E-state index contributed by atoms with van der Waals surface area (Å²) in [6.45, 7) is 1.76. The molecule has 1 saturated heterocycles. The molecule has 0 aromatic carbocycles. The van der Waals surface area contributed by atoms with E-state index in [-0.39, 0.29) is 23.0 Å². The lowest BCUT2D eigenvalue weighted by molar-refractivity contribution is -0.135. The van der Waals surface area contributed by atoms with Crippen LogP contribution in [-0.4, -0.2) is 33.0 Å². The van der Waals surface area contributed by atoms with E-state index >= 15 is 0 Å². The van der Waals surface area contributed by atoms with Gasteiger partial charge in [-0.25, -0.2) is 13.2 Å². The molecule has 1 atom stereocenters. The van der Waals surface area contributed by atoms with Crippen molar-refractivity contribution in [3.05, 3.63) is 22.1 Å². The first kappa shape index (κ1) is 13.0. The number of Topliss-reactive ketones (excluding diaryl/α,β-unsaturated/α-hetero) is 1. The number of ether oxygens (including phenoxy) is 1. The Hall–Kier alpha value is -1.43. The Bertz CT molecular complexity index is 580. The molecule has 1 aliphatic carbocycles. The summed E-state index contributed by atoms with van der Waals surface area (Å²) in [4.78, 5) is 23.1. The first-order valence-corrected chi connectivity index (χ1v) is 7.24. The molecule has 0 spiro atoms. The van der Waals surface area contributed by atoms with Gasteiger partial charge in [-0.3, -0.25) is 4.79 Å². The van der Waals surface area contributed by atoms with Crippen LogP contribution in [0.15, 0.2) is 22.1 Å². The highest BCUT2D eigenvalue weighted by atomic mass is 32.2. The molecule has 1 heterocycles. The van der Waals surface area contributed by atoms with E-state index in [0.29, 0.717) is 12.0 Å². The predicted octanol–water partition coefficient (Wildman–Crippen LogP) is 0.767. The number of carbonyl (C=O) groups is 2. The van der Waals surface area contributed by atoms with Crippen molar-refractivity contribution in [3.63, 3.8) is 0 Å². The summed E-state index contributed by atoms with van der Waals surface area (Å²) in [5, 5.41) is 0. The van der Waals surface area contributed by atoms with Crippen molar-refractivity contribution in [2.75, 3.05) is 12.9 Å². The van der Waals surface area contributed by atoms with Gasteiger partial charge in [0.05, 0.1) is 12.7 Å². The summed E-state index contributed by atoms with van der Waals surface area (Å²) in [6, 6.07) is 0. The molecular weight excluding hydrogens is 256 g/mol. The third-order valence-electron chi connectivity index (χ3n) is 3.29.